The first kappa shape index (κ1) is 18.6. The Morgan fingerprint density at radius 2 is 1.59 bits per heavy atom. The zero-order chi connectivity index (χ0) is 19.4. The number of fused-ring (bicyclic) bond motifs is 3. The highest BCUT2D eigenvalue weighted by atomic mass is 16.9. The van der Waals surface area contributed by atoms with Crippen LogP contribution in [0.15, 0.2) is 24.3 Å². The molecular formula is C19H25NO7. The number of amides is 1. The van der Waals surface area contributed by atoms with Gasteiger partial charge in [0.1, 0.15) is 24.1 Å². The SMILES string of the molecule is COc1ccccc1NC(=O)[C@@H]1O[C@@H]2OC(C)(C)O[C@@H]2[C@@H]2OC(C)(C)O[C@@H]21. The second-order valence-electron chi connectivity index (χ2n) is 7.78. The first-order valence-corrected chi connectivity index (χ1v) is 9.00. The summed E-state index contributed by atoms with van der Waals surface area (Å²) in [7, 11) is 1.55. The van der Waals surface area contributed by atoms with Crippen LogP contribution in [-0.2, 0) is 28.5 Å². The molecule has 27 heavy (non-hydrogen) atoms. The van der Waals surface area contributed by atoms with Gasteiger partial charge in [-0.05, 0) is 39.8 Å². The number of para-hydroxylation sites is 2. The summed E-state index contributed by atoms with van der Waals surface area (Å²) in [6.45, 7) is 7.20. The minimum Gasteiger partial charge on any atom is -0.495 e. The Bertz CT molecular complexity index is 735. The average molecular weight is 379 g/mol. The Balaban J connectivity index is 1.59. The van der Waals surface area contributed by atoms with Gasteiger partial charge in [-0.15, -0.1) is 0 Å². The summed E-state index contributed by atoms with van der Waals surface area (Å²) in [6.07, 6.45) is -3.20. The van der Waals surface area contributed by atoms with E-state index in [1.54, 1.807) is 46.9 Å². The lowest BCUT2D eigenvalue weighted by Gasteiger charge is -2.36. The van der Waals surface area contributed by atoms with E-state index < -0.39 is 42.3 Å². The molecule has 3 heterocycles. The van der Waals surface area contributed by atoms with E-state index in [-0.39, 0.29) is 5.91 Å². The van der Waals surface area contributed by atoms with Gasteiger partial charge in [-0.3, -0.25) is 4.79 Å². The highest BCUT2D eigenvalue weighted by molar-refractivity contribution is 5.96. The Hall–Kier alpha value is -1.71. The highest BCUT2D eigenvalue weighted by Gasteiger charge is 2.62. The van der Waals surface area contributed by atoms with Crippen molar-refractivity contribution in [2.45, 2.75) is 70.0 Å². The molecule has 0 unspecified atom stereocenters. The third-order valence-electron chi connectivity index (χ3n) is 4.78. The lowest BCUT2D eigenvalue weighted by molar-refractivity contribution is -0.229. The zero-order valence-corrected chi connectivity index (χ0v) is 16.1. The summed E-state index contributed by atoms with van der Waals surface area (Å²) in [4.78, 5) is 13.0. The fourth-order valence-electron chi connectivity index (χ4n) is 3.78. The molecule has 5 atom stereocenters. The first-order valence-electron chi connectivity index (χ1n) is 9.00. The molecule has 3 saturated heterocycles. The van der Waals surface area contributed by atoms with Gasteiger partial charge in [0.05, 0.1) is 12.8 Å². The van der Waals surface area contributed by atoms with Crippen molar-refractivity contribution in [1.82, 2.24) is 0 Å². The van der Waals surface area contributed by atoms with E-state index in [4.69, 9.17) is 28.4 Å². The van der Waals surface area contributed by atoms with Gasteiger partial charge in [-0.25, -0.2) is 0 Å². The maximum Gasteiger partial charge on any atom is 0.256 e. The van der Waals surface area contributed by atoms with E-state index in [1.165, 1.54) is 0 Å². The topological polar surface area (TPSA) is 84.5 Å². The molecule has 0 radical (unpaired) electrons. The molecule has 0 aliphatic carbocycles. The molecule has 0 saturated carbocycles. The summed E-state index contributed by atoms with van der Waals surface area (Å²) in [5, 5.41) is 2.85. The second kappa shape index (κ2) is 6.42. The Labute approximate surface area is 158 Å². The number of hydrogen-bond donors (Lipinski definition) is 1. The number of hydrogen-bond acceptors (Lipinski definition) is 7. The lowest BCUT2D eigenvalue weighted by atomic mass is 9.98. The molecule has 0 bridgehead atoms. The van der Waals surface area contributed by atoms with Crippen LogP contribution >= 0.6 is 0 Å². The third kappa shape index (κ3) is 3.43. The fraction of sp³-hybridized carbons (Fsp3) is 0.632. The lowest BCUT2D eigenvalue weighted by Crippen LogP contribution is -2.58. The molecule has 4 rings (SSSR count). The molecule has 148 valence electrons. The van der Waals surface area contributed by atoms with E-state index >= 15 is 0 Å². The smallest absolute Gasteiger partial charge is 0.256 e. The monoisotopic (exact) mass is 379 g/mol. The van der Waals surface area contributed by atoms with Crippen LogP contribution in [0.4, 0.5) is 5.69 Å². The van der Waals surface area contributed by atoms with E-state index in [1.807, 2.05) is 12.1 Å². The number of rotatable bonds is 3. The minimum atomic E-state index is -0.916. The van der Waals surface area contributed by atoms with Crippen molar-refractivity contribution in [1.29, 1.82) is 0 Å². The molecule has 8 heteroatoms. The van der Waals surface area contributed by atoms with Gasteiger partial charge in [0.25, 0.3) is 5.91 Å². The van der Waals surface area contributed by atoms with Crippen LogP contribution in [0.2, 0.25) is 0 Å². The predicted octanol–water partition coefficient (Wildman–Crippen LogP) is 2.03. The van der Waals surface area contributed by atoms with Crippen molar-refractivity contribution in [2.24, 2.45) is 0 Å². The number of nitrogens with one attached hydrogen (secondary N) is 1. The normalized spacial score (nSPS) is 36.0. The van der Waals surface area contributed by atoms with Crippen LogP contribution in [0.5, 0.6) is 5.75 Å². The summed E-state index contributed by atoms with van der Waals surface area (Å²) in [6, 6.07) is 7.17. The third-order valence-corrected chi connectivity index (χ3v) is 4.78. The molecule has 3 fully saturated rings. The van der Waals surface area contributed by atoms with E-state index in [0.717, 1.165) is 0 Å². The first-order chi connectivity index (χ1) is 12.7. The summed E-state index contributed by atoms with van der Waals surface area (Å²) < 4.78 is 35.0. The van der Waals surface area contributed by atoms with Crippen molar-refractivity contribution in [3.63, 3.8) is 0 Å². The van der Waals surface area contributed by atoms with Crippen molar-refractivity contribution < 1.29 is 33.2 Å². The number of carbonyl (C=O) groups excluding carboxylic acids is 1. The van der Waals surface area contributed by atoms with Crippen LogP contribution in [0.1, 0.15) is 27.7 Å². The van der Waals surface area contributed by atoms with Gasteiger partial charge >= 0.3 is 0 Å². The van der Waals surface area contributed by atoms with E-state index in [2.05, 4.69) is 5.32 Å². The van der Waals surface area contributed by atoms with Crippen molar-refractivity contribution in [2.75, 3.05) is 12.4 Å². The molecule has 0 spiro atoms. The molecule has 1 amide bonds. The zero-order valence-electron chi connectivity index (χ0n) is 16.1. The largest absolute Gasteiger partial charge is 0.495 e. The van der Waals surface area contributed by atoms with E-state index in [9.17, 15) is 4.79 Å². The van der Waals surface area contributed by atoms with Crippen molar-refractivity contribution >= 4 is 11.6 Å². The standard InChI is InChI=1S/C19H25NO7/c1-18(2)24-12-13(25-18)15-17(27-19(3,4)26-15)23-14(12)16(21)20-10-8-6-7-9-11(10)22-5/h6-9,12-15,17H,1-5H3,(H,20,21)/t12-,13+,14+,15+,17+/m0/s1. The van der Waals surface area contributed by atoms with E-state index in [0.29, 0.717) is 11.4 Å². The average Bonchev–Trinajstić information content (AvgIpc) is 3.08. The van der Waals surface area contributed by atoms with Crippen LogP contribution in [0.25, 0.3) is 0 Å². The number of methoxy groups -OCH3 is 1. The molecule has 1 aromatic rings. The minimum absolute atomic E-state index is 0.359. The molecule has 1 aromatic carbocycles. The maximum atomic E-state index is 13.0. The second-order valence-corrected chi connectivity index (χ2v) is 7.78. The fourth-order valence-corrected chi connectivity index (χ4v) is 3.78. The van der Waals surface area contributed by atoms with Gasteiger partial charge in [0.15, 0.2) is 24.0 Å². The molecule has 3 aliphatic rings. The van der Waals surface area contributed by atoms with Gasteiger partial charge in [0.2, 0.25) is 0 Å². The highest BCUT2D eigenvalue weighted by Crippen LogP contribution is 2.44. The van der Waals surface area contributed by atoms with Crippen LogP contribution in [0.3, 0.4) is 0 Å². The summed E-state index contributed by atoms with van der Waals surface area (Å²) in [5.41, 5.74) is 0.550. The Morgan fingerprint density at radius 1 is 0.963 bits per heavy atom. The van der Waals surface area contributed by atoms with Gasteiger partial charge in [-0.1, -0.05) is 12.1 Å². The number of ether oxygens (including phenoxy) is 6. The molecule has 8 nitrogen and oxygen atoms in total. The molecule has 0 aromatic heterocycles. The van der Waals surface area contributed by atoms with Crippen molar-refractivity contribution in [3.8, 4) is 5.75 Å². The number of benzene rings is 1. The van der Waals surface area contributed by atoms with Crippen LogP contribution in [-0.4, -0.2) is 55.3 Å². The Kier molecular flexibility index (Phi) is 4.44. The molecule has 1 N–H and O–H groups in total. The van der Waals surface area contributed by atoms with Gasteiger partial charge in [0, 0.05) is 0 Å². The Morgan fingerprint density at radius 3 is 2.33 bits per heavy atom. The quantitative estimate of drug-likeness (QED) is 0.860. The van der Waals surface area contributed by atoms with Crippen LogP contribution in [0, 0.1) is 0 Å². The summed E-state index contributed by atoms with van der Waals surface area (Å²) >= 11 is 0. The predicted molar refractivity (Wildman–Crippen MR) is 94.1 cm³/mol. The molecule has 3 aliphatic heterocycles. The maximum absolute atomic E-state index is 13.0. The van der Waals surface area contributed by atoms with Crippen molar-refractivity contribution in [3.05, 3.63) is 24.3 Å². The van der Waals surface area contributed by atoms with Gasteiger partial charge < -0.3 is 33.7 Å². The number of anilines is 1. The summed E-state index contributed by atoms with van der Waals surface area (Å²) in [5.74, 6) is -1.49. The number of carbonyl (C=O) groups is 1. The van der Waals surface area contributed by atoms with Gasteiger partial charge in [-0.2, -0.15) is 0 Å². The molecular weight excluding hydrogens is 354 g/mol. The van der Waals surface area contributed by atoms with Crippen LogP contribution < -0.4 is 10.1 Å².